The van der Waals surface area contributed by atoms with E-state index in [1.807, 2.05) is 11.0 Å². The lowest BCUT2D eigenvalue weighted by atomic mass is 9.97. The van der Waals surface area contributed by atoms with E-state index < -0.39 is 0 Å². The number of anilines is 1. The number of morpholine rings is 1. The lowest BCUT2D eigenvalue weighted by molar-refractivity contribution is -0.119. The molecule has 2 heterocycles. The van der Waals surface area contributed by atoms with Crippen LogP contribution in [0.4, 0.5) is 5.69 Å². The number of benzene rings is 1. The number of fused-ring (bicyclic) bond motifs is 1. The van der Waals surface area contributed by atoms with Crippen LogP contribution in [0, 0.1) is 0 Å². The second-order valence-corrected chi connectivity index (χ2v) is 5.96. The van der Waals surface area contributed by atoms with Gasteiger partial charge in [-0.25, -0.2) is 0 Å². The van der Waals surface area contributed by atoms with Crippen LogP contribution in [0.25, 0.3) is 0 Å². The van der Waals surface area contributed by atoms with Gasteiger partial charge in [-0.3, -0.25) is 9.69 Å². The average Bonchev–Trinajstić information content (AvgIpc) is 2.55. The van der Waals surface area contributed by atoms with Crippen molar-refractivity contribution in [3.63, 3.8) is 0 Å². The number of nitrogens with zero attached hydrogens (tertiary/aromatic N) is 2. The van der Waals surface area contributed by atoms with Crippen LogP contribution >= 0.6 is 0 Å². The fourth-order valence-corrected chi connectivity index (χ4v) is 3.22. The zero-order valence-corrected chi connectivity index (χ0v) is 13.1. The lowest BCUT2D eigenvalue weighted by Crippen LogP contribution is -2.44. The Balaban J connectivity index is 1.71. The highest BCUT2D eigenvalue weighted by Gasteiger charge is 2.24. The van der Waals surface area contributed by atoms with E-state index in [-0.39, 0.29) is 5.91 Å². The van der Waals surface area contributed by atoms with Gasteiger partial charge in [-0.2, -0.15) is 0 Å². The summed E-state index contributed by atoms with van der Waals surface area (Å²) in [6, 6.07) is 6.44. The third kappa shape index (κ3) is 3.39. The molecule has 2 aliphatic heterocycles. The summed E-state index contributed by atoms with van der Waals surface area (Å²) in [5, 5.41) is 0. The van der Waals surface area contributed by atoms with E-state index in [4.69, 9.17) is 4.74 Å². The molecule has 0 bridgehead atoms. The fourth-order valence-electron chi connectivity index (χ4n) is 3.22. The van der Waals surface area contributed by atoms with Gasteiger partial charge in [0.15, 0.2) is 0 Å². The largest absolute Gasteiger partial charge is 0.379 e. The van der Waals surface area contributed by atoms with Crippen LogP contribution in [0.3, 0.4) is 0 Å². The van der Waals surface area contributed by atoms with Gasteiger partial charge >= 0.3 is 0 Å². The Morgan fingerprint density at radius 3 is 2.77 bits per heavy atom. The Bertz CT molecular complexity index is 550. The van der Waals surface area contributed by atoms with Gasteiger partial charge in [-0.05, 0) is 30.0 Å². The molecule has 1 aromatic carbocycles. The van der Waals surface area contributed by atoms with Gasteiger partial charge < -0.3 is 9.64 Å². The number of carbonyl (C=O) groups excluding carboxylic acids is 1. The van der Waals surface area contributed by atoms with Crippen LogP contribution in [-0.2, 0) is 22.4 Å². The number of hydrogen-bond acceptors (Lipinski definition) is 3. The molecule has 118 valence electrons. The van der Waals surface area contributed by atoms with Gasteiger partial charge in [0.05, 0.1) is 13.2 Å². The number of rotatable bonds is 5. The molecule has 2 aliphatic rings. The Labute approximate surface area is 132 Å². The molecule has 1 aromatic rings. The number of allylic oxidation sites excluding steroid dienone is 1. The molecular formula is C18H24N2O2. The van der Waals surface area contributed by atoms with Gasteiger partial charge in [0.1, 0.15) is 0 Å². The van der Waals surface area contributed by atoms with Crippen molar-refractivity contribution in [2.45, 2.75) is 19.3 Å². The summed E-state index contributed by atoms with van der Waals surface area (Å²) < 4.78 is 5.37. The van der Waals surface area contributed by atoms with E-state index >= 15 is 0 Å². The van der Waals surface area contributed by atoms with Crippen molar-refractivity contribution in [1.82, 2.24) is 4.90 Å². The molecule has 0 saturated carbocycles. The number of carbonyl (C=O) groups is 1. The molecule has 0 aromatic heterocycles. The third-order valence-corrected chi connectivity index (χ3v) is 4.47. The monoisotopic (exact) mass is 300 g/mol. The molecule has 4 heteroatoms. The zero-order chi connectivity index (χ0) is 15.4. The number of hydrogen-bond donors (Lipinski definition) is 0. The molecule has 0 unspecified atom stereocenters. The van der Waals surface area contributed by atoms with Gasteiger partial charge in [-0.1, -0.05) is 18.2 Å². The smallest absolute Gasteiger partial charge is 0.227 e. The summed E-state index contributed by atoms with van der Waals surface area (Å²) >= 11 is 0. The number of aryl methyl sites for hydroxylation is 1. The second kappa shape index (κ2) is 7.07. The minimum absolute atomic E-state index is 0.247. The Morgan fingerprint density at radius 1 is 1.18 bits per heavy atom. The molecule has 0 N–H and O–H groups in total. The predicted molar refractivity (Wildman–Crippen MR) is 88.3 cm³/mol. The topological polar surface area (TPSA) is 32.8 Å². The first-order valence-corrected chi connectivity index (χ1v) is 8.11. The van der Waals surface area contributed by atoms with E-state index in [1.165, 1.54) is 11.1 Å². The van der Waals surface area contributed by atoms with E-state index in [9.17, 15) is 4.79 Å². The molecule has 22 heavy (non-hydrogen) atoms. The van der Waals surface area contributed by atoms with Gasteiger partial charge in [0, 0.05) is 38.3 Å². The van der Waals surface area contributed by atoms with E-state index in [1.54, 1.807) is 0 Å². The molecule has 4 nitrogen and oxygen atoms in total. The summed E-state index contributed by atoms with van der Waals surface area (Å²) in [7, 11) is 0. The molecule has 0 aliphatic carbocycles. The van der Waals surface area contributed by atoms with Crippen molar-refractivity contribution < 1.29 is 9.53 Å². The maximum Gasteiger partial charge on any atom is 0.227 e. The SMILES string of the molecule is C=CCc1ccc2c(c1)CCC(=O)N2CCN1CCOCC1. The highest BCUT2D eigenvalue weighted by molar-refractivity contribution is 5.96. The molecule has 1 fully saturated rings. The van der Waals surface area contributed by atoms with Crippen molar-refractivity contribution in [1.29, 1.82) is 0 Å². The number of ether oxygens (including phenoxy) is 1. The van der Waals surface area contributed by atoms with Crippen LogP contribution < -0.4 is 4.90 Å². The molecule has 0 radical (unpaired) electrons. The number of amides is 1. The van der Waals surface area contributed by atoms with E-state index in [2.05, 4.69) is 29.7 Å². The minimum atomic E-state index is 0.247. The van der Waals surface area contributed by atoms with Crippen LogP contribution in [0.5, 0.6) is 0 Å². The summed E-state index contributed by atoms with van der Waals surface area (Å²) in [4.78, 5) is 16.6. The Kier molecular flexibility index (Phi) is 4.90. The quantitative estimate of drug-likeness (QED) is 0.780. The Morgan fingerprint density at radius 2 is 2.00 bits per heavy atom. The zero-order valence-electron chi connectivity index (χ0n) is 13.1. The fraction of sp³-hybridized carbons (Fsp3) is 0.500. The molecule has 0 atom stereocenters. The molecule has 1 amide bonds. The van der Waals surface area contributed by atoms with Crippen molar-refractivity contribution in [3.8, 4) is 0 Å². The van der Waals surface area contributed by atoms with E-state index in [0.29, 0.717) is 6.42 Å². The van der Waals surface area contributed by atoms with Crippen molar-refractivity contribution in [2.75, 3.05) is 44.3 Å². The standard InChI is InChI=1S/C18H24N2O2/c1-2-3-15-4-6-17-16(14-15)5-7-18(21)20(17)9-8-19-10-12-22-13-11-19/h2,4,6,14H,1,3,5,7-13H2. The van der Waals surface area contributed by atoms with Crippen molar-refractivity contribution in [3.05, 3.63) is 42.0 Å². The van der Waals surface area contributed by atoms with Crippen molar-refractivity contribution in [2.24, 2.45) is 0 Å². The first-order chi connectivity index (χ1) is 10.8. The first kappa shape index (κ1) is 15.3. The van der Waals surface area contributed by atoms with Crippen LogP contribution in [0.15, 0.2) is 30.9 Å². The maximum atomic E-state index is 12.3. The summed E-state index contributed by atoms with van der Waals surface area (Å²) in [6.07, 6.45) is 4.28. The van der Waals surface area contributed by atoms with Crippen molar-refractivity contribution >= 4 is 11.6 Å². The molecular weight excluding hydrogens is 276 g/mol. The Hall–Kier alpha value is -1.65. The third-order valence-electron chi connectivity index (χ3n) is 4.47. The summed E-state index contributed by atoms with van der Waals surface area (Å²) in [5.74, 6) is 0.247. The average molecular weight is 300 g/mol. The summed E-state index contributed by atoms with van der Waals surface area (Å²) in [6.45, 7) is 9.02. The molecule has 0 spiro atoms. The van der Waals surface area contributed by atoms with Crippen LogP contribution in [0.2, 0.25) is 0 Å². The normalized spacial score (nSPS) is 19.1. The van der Waals surface area contributed by atoms with E-state index in [0.717, 1.165) is 57.9 Å². The molecule has 1 saturated heterocycles. The summed E-state index contributed by atoms with van der Waals surface area (Å²) in [5.41, 5.74) is 3.66. The van der Waals surface area contributed by atoms with Crippen LogP contribution in [0.1, 0.15) is 17.5 Å². The molecule has 3 rings (SSSR count). The maximum absolute atomic E-state index is 12.3. The lowest BCUT2D eigenvalue weighted by Gasteiger charge is -2.33. The predicted octanol–water partition coefficient (Wildman–Crippen LogP) is 2.03. The van der Waals surface area contributed by atoms with Crippen LogP contribution in [-0.4, -0.2) is 50.2 Å². The van der Waals surface area contributed by atoms with Gasteiger partial charge in [0.25, 0.3) is 0 Å². The highest BCUT2D eigenvalue weighted by atomic mass is 16.5. The second-order valence-electron chi connectivity index (χ2n) is 5.96. The van der Waals surface area contributed by atoms with Gasteiger partial charge in [-0.15, -0.1) is 6.58 Å². The first-order valence-electron chi connectivity index (χ1n) is 8.11. The highest BCUT2D eigenvalue weighted by Crippen LogP contribution is 2.29. The van der Waals surface area contributed by atoms with Gasteiger partial charge in [0.2, 0.25) is 5.91 Å². The minimum Gasteiger partial charge on any atom is -0.379 e.